The van der Waals surface area contributed by atoms with Crippen molar-refractivity contribution in [1.29, 1.82) is 0 Å². The van der Waals surface area contributed by atoms with Gasteiger partial charge in [-0.1, -0.05) is 6.07 Å². The number of carbonyl (C=O) groups is 1. The number of hydrogen-bond donors (Lipinski definition) is 3. The van der Waals surface area contributed by atoms with Crippen LogP contribution in [0.15, 0.2) is 18.2 Å². The number of rotatable bonds is 3. The Hall–Kier alpha value is -2.44. The third-order valence-corrected chi connectivity index (χ3v) is 2.62. The third-order valence-electron chi connectivity index (χ3n) is 2.62. The Morgan fingerprint density at radius 3 is 2.79 bits per heavy atom. The molecule has 0 saturated carbocycles. The second kappa shape index (κ2) is 5.05. The van der Waals surface area contributed by atoms with E-state index in [1.54, 1.807) is 6.92 Å². The molecule has 1 aromatic carbocycles. The summed E-state index contributed by atoms with van der Waals surface area (Å²) in [6.07, 6.45) is -0.225. The first-order valence-electron chi connectivity index (χ1n) is 5.51. The smallest absolute Gasteiger partial charge is 0.230 e. The predicted octanol–water partition coefficient (Wildman–Crippen LogP) is 1.76. The fraction of sp³-hybridized carbons (Fsp3) is 0.167. The van der Waals surface area contributed by atoms with E-state index in [1.807, 2.05) is 0 Å². The fourth-order valence-electron chi connectivity index (χ4n) is 1.55. The van der Waals surface area contributed by atoms with Gasteiger partial charge in [-0.15, -0.1) is 0 Å². The first-order valence-corrected chi connectivity index (χ1v) is 5.51. The molecule has 0 spiro atoms. The normalized spacial score (nSPS) is 10.5. The number of amides is 1. The van der Waals surface area contributed by atoms with Gasteiger partial charge >= 0.3 is 0 Å². The van der Waals surface area contributed by atoms with Gasteiger partial charge < -0.3 is 11.1 Å². The van der Waals surface area contributed by atoms with Gasteiger partial charge in [0, 0.05) is 6.07 Å². The molecular weight excluding hydrogens is 254 g/mol. The van der Waals surface area contributed by atoms with E-state index in [0.717, 1.165) is 12.1 Å². The number of aryl methyl sites for hydroxylation is 1. The summed E-state index contributed by atoms with van der Waals surface area (Å²) in [5.41, 5.74) is 6.72. The molecular formula is C12H12F2N4O. The van der Waals surface area contributed by atoms with Crippen LogP contribution in [0.25, 0.3) is 0 Å². The molecule has 2 aromatic rings. The molecule has 0 aliphatic heterocycles. The molecule has 0 saturated heterocycles. The second-order valence-corrected chi connectivity index (χ2v) is 4.07. The maximum atomic E-state index is 13.4. The van der Waals surface area contributed by atoms with Crippen LogP contribution in [-0.4, -0.2) is 16.1 Å². The zero-order chi connectivity index (χ0) is 14.0. The fourth-order valence-corrected chi connectivity index (χ4v) is 1.55. The van der Waals surface area contributed by atoms with Crippen LogP contribution < -0.4 is 11.1 Å². The molecule has 2 rings (SSSR count). The zero-order valence-corrected chi connectivity index (χ0v) is 10.1. The van der Waals surface area contributed by atoms with Crippen LogP contribution in [0.1, 0.15) is 11.3 Å². The highest BCUT2D eigenvalue weighted by molar-refractivity contribution is 5.94. The van der Waals surface area contributed by atoms with Crippen molar-refractivity contribution in [3.8, 4) is 0 Å². The van der Waals surface area contributed by atoms with Crippen LogP contribution in [0.4, 0.5) is 20.3 Å². The molecule has 4 N–H and O–H groups in total. The van der Waals surface area contributed by atoms with Crippen LogP contribution in [0, 0.1) is 18.6 Å². The summed E-state index contributed by atoms with van der Waals surface area (Å²) in [4.78, 5) is 11.7. The number of aromatic nitrogens is 2. The summed E-state index contributed by atoms with van der Waals surface area (Å²) in [7, 11) is 0. The van der Waals surface area contributed by atoms with E-state index in [0.29, 0.717) is 11.4 Å². The average molecular weight is 266 g/mol. The van der Waals surface area contributed by atoms with Crippen LogP contribution in [0.2, 0.25) is 0 Å². The van der Waals surface area contributed by atoms with Crippen LogP contribution in [0.5, 0.6) is 0 Å². The summed E-state index contributed by atoms with van der Waals surface area (Å²) < 4.78 is 26.1. The Labute approximate surface area is 107 Å². The number of nitrogens with two attached hydrogens (primary N) is 1. The number of benzene rings is 1. The molecule has 5 nitrogen and oxygen atoms in total. The lowest BCUT2D eigenvalue weighted by molar-refractivity contribution is -0.115. The molecule has 0 aliphatic carbocycles. The molecule has 0 fully saturated rings. The van der Waals surface area contributed by atoms with E-state index < -0.39 is 17.5 Å². The Morgan fingerprint density at radius 2 is 2.21 bits per heavy atom. The summed E-state index contributed by atoms with van der Waals surface area (Å²) in [5.74, 6) is -1.73. The van der Waals surface area contributed by atoms with Crippen LogP contribution in [0.3, 0.4) is 0 Å². The number of nitrogens with zero attached hydrogens (tertiary/aromatic N) is 1. The van der Waals surface area contributed by atoms with Gasteiger partial charge in [0.2, 0.25) is 5.91 Å². The molecule has 1 amide bonds. The molecule has 0 atom stereocenters. The highest BCUT2D eigenvalue weighted by Gasteiger charge is 2.13. The highest BCUT2D eigenvalue weighted by atomic mass is 19.1. The van der Waals surface area contributed by atoms with Gasteiger partial charge in [0.05, 0.1) is 17.8 Å². The van der Waals surface area contributed by atoms with E-state index in [4.69, 9.17) is 5.73 Å². The maximum Gasteiger partial charge on any atom is 0.230 e. The summed E-state index contributed by atoms with van der Waals surface area (Å²) in [6, 6.07) is 3.05. The molecule has 1 aromatic heterocycles. The van der Waals surface area contributed by atoms with Crippen LogP contribution >= 0.6 is 0 Å². The monoisotopic (exact) mass is 266 g/mol. The van der Waals surface area contributed by atoms with Crippen molar-refractivity contribution in [2.24, 2.45) is 0 Å². The molecule has 1 heterocycles. The first-order chi connectivity index (χ1) is 8.97. The Kier molecular flexibility index (Phi) is 3.46. The Bertz CT molecular complexity index is 624. The van der Waals surface area contributed by atoms with Crippen molar-refractivity contribution in [3.63, 3.8) is 0 Å². The topological polar surface area (TPSA) is 83.8 Å². The molecule has 0 unspecified atom stereocenters. The third kappa shape index (κ3) is 2.87. The van der Waals surface area contributed by atoms with E-state index in [9.17, 15) is 13.6 Å². The average Bonchev–Trinajstić information content (AvgIpc) is 2.65. The summed E-state index contributed by atoms with van der Waals surface area (Å²) >= 11 is 0. The standard InChI is InChI=1S/C12H12F2N4O/c1-6-11(15)12(18-17-6)16-10(19)4-7-2-3-8(13)5-9(7)14/h2-3,5H,4,15H2,1H3,(H2,16,17,18,19). The number of carbonyl (C=O) groups excluding carboxylic acids is 1. The quantitative estimate of drug-likeness (QED) is 0.791. The SMILES string of the molecule is Cc1[nH]nc(NC(=O)Cc2ccc(F)cc2F)c1N. The lowest BCUT2D eigenvalue weighted by Crippen LogP contribution is -2.16. The highest BCUT2D eigenvalue weighted by Crippen LogP contribution is 2.18. The molecule has 7 heteroatoms. The largest absolute Gasteiger partial charge is 0.394 e. The molecule has 0 radical (unpaired) electrons. The molecule has 19 heavy (non-hydrogen) atoms. The van der Waals surface area contributed by atoms with Gasteiger partial charge in [-0.05, 0) is 18.6 Å². The summed E-state index contributed by atoms with van der Waals surface area (Å²) in [5, 5.41) is 8.86. The van der Waals surface area contributed by atoms with Gasteiger partial charge in [-0.2, -0.15) is 5.10 Å². The minimum Gasteiger partial charge on any atom is -0.394 e. The number of nitrogen functional groups attached to an aromatic ring is 1. The van der Waals surface area contributed by atoms with Gasteiger partial charge in [0.15, 0.2) is 5.82 Å². The van der Waals surface area contributed by atoms with Gasteiger partial charge in [0.1, 0.15) is 11.6 Å². The number of hydrogen-bond acceptors (Lipinski definition) is 3. The van der Waals surface area contributed by atoms with Gasteiger partial charge in [-0.25, -0.2) is 8.78 Å². The number of nitrogens with one attached hydrogen (secondary N) is 2. The lowest BCUT2D eigenvalue weighted by Gasteiger charge is -2.04. The van der Waals surface area contributed by atoms with Gasteiger partial charge in [0.25, 0.3) is 0 Å². The maximum absolute atomic E-state index is 13.4. The van der Waals surface area contributed by atoms with Crippen molar-refractivity contribution in [2.75, 3.05) is 11.1 Å². The van der Waals surface area contributed by atoms with E-state index in [1.165, 1.54) is 6.07 Å². The van der Waals surface area contributed by atoms with Crippen molar-refractivity contribution in [2.45, 2.75) is 13.3 Å². The predicted molar refractivity (Wildman–Crippen MR) is 66.4 cm³/mol. The lowest BCUT2D eigenvalue weighted by atomic mass is 10.1. The van der Waals surface area contributed by atoms with Crippen molar-refractivity contribution < 1.29 is 13.6 Å². The van der Waals surface area contributed by atoms with Crippen LogP contribution in [-0.2, 0) is 11.2 Å². The number of anilines is 2. The van der Waals surface area contributed by atoms with E-state index in [2.05, 4.69) is 15.5 Å². The zero-order valence-electron chi connectivity index (χ0n) is 10.1. The Morgan fingerprint density at radius 1 is 1.47 bits per heavy atom. The van der Waals surface area contributed by atoms with Gasteiger partial charge in [-0.3, -0.25) is 9.89 Å². The van der Waals surface area contributed by atoms with E-state index in [-0.39, 0.29) is 17.8 Å². The number of halogens is 2. The number of H-pyrrole nitrogens is 1. The van der Waals surface area contributed by atoms with Crippen molar-refractivity contribution >= 4 is 17.4 Å². The molecule has 0 bridgehead atoms. The second-order valence-electron chi connectivity index (χ2n) is 4.07. The molecule has 0 aliphatic rings. The summed E-state index contributed by atoms with van der Waals surface area (Å²) in [6.45, 7) is 1.71. The minimum absolute atomic E-state index is 0.102. The number of aromatic amines is 1. The van der Waals surface area contributed by atoms with E-state index >= 15 is 0 Å². The van der Waals surface area contributed by atoms with Crippen molar-refractivity contribution in [3.05, 3.63) is 41.1 Å². The van der Waals surface area contributed by atoms with Crippen molar-refractivity contribution in [1.82, 2.24) is 10.2 Å². The Balaban J connectivity index is 2.07. The minimum atomic E-state index is -0.763. The first kappa shape index (κ1) is 13.0. The molecule has 100 valence electrons.